The topological polar surface area (TPSA) is 95.9 Å². The Balaban J connectivity index is 3.37. The summed E-state index contributed by atoms with van der Waals surface area (Å²) in [5.41, 5.74) is 0. The Bertz CT molecular complexity index is 1040. The highest BCUT2D eigenvalue weighted by molar-refractivity contribution is 5.76. The SMILES string of the molecule is CCCCCCCCCC/C=C/C(O)C(CO)NC(=O)CCCCCCCCCCCCC/C=C\CCCCCCCCCCCCCCOC(=O)CCCCCCCCCCCCCCC. The van der Waals surface area contributed by atoms with Crippen LogP contribution in [0.5, 0.6) is 0 Å². The Morgan fingerprint density at radius 2 is 0.701 bits per heavy atom. The Kier molecular flexibility index (Phi) is 55.5. The Morgan fingerprint density at radius 3 is 1.06 bits per heavy atom. The zero-order valence-electron chi connectivity index (χ0n) is 45.1. The van der Waals surface area contributed by atoms with E-state index in [4.69, 9.17) is 4.74 Å². The van der Waals surface area contributed by atoms with Crippen LogP contribution in [-0.4, -0.2) is 47.4 Å². The maximum absolute atomic E-state index is 12.4. The van der Waals surface area contributed by atoms with Crippen molar-refractivity contribution in [2.24, 2.45) is 0 Å². The predicted octanol–water partition coefficient (Wildman–Crippen LogP) is 18.6. The maximum atomic E-state index is 12.4. The lowest BCUT2D eigenvalue weighted by molar-refractivity contribution is -0.143. The molecular formula is C61H117NO5. The summed E-state index contributed by atoms with van der Waals surface area (Å²) < 4.78 is 5.48. The average Bonchev–Trinajstić information content (AvgIpc) is 3.33. The van der Waals surface area contributed by atoms with Crippen molar-refractivity contribution < 1.29 is 24.5 Å². The van der Waals surface area contributed by atoms with Crippen LogP contribution in [0.3, 0.4) is 0 Å². The number of hydrogen-bond acceptors (Lipinski definition) is 5. The number of unbranched alkanes of at least 4 members (excludes halogenated alkanes) is 43. The number of carbonyl (C=O) groups is 2. The standard InChI is InChI=1S/C61H117NO5/c1-3-5-7-9-11-13-15-31-35-39-43-47-51-55-61(66)67-56-52-48-44-40-36-33-30-28-26-24-22-20-18-16-17-19-21-23-25-27-29-32-34-38-42-46-50-54-60(65)62-58(57-63)59(64)53-49-45-41-37-14-12-10-8-6-4-2/h16-17,49,53,58-59,63-64H,3-15,18-48,50-52,54-57H2,1-2H3,(H,62,65)/b17-16-,53-49+. The molecule has 0 rings (SSSR count). The van der Waals surface area contributed by atoms with Gasteiger partial charge in [-0.3, -0.25) is 9.59 Å². The van der Waals surface area contributed by atoms with Gasteiger partial charge in [0, 0.05) is 12.8 Å². The fourth-order valence-corrected chi connectivity index (χ4v) is 9.34. The number of amides is 1. The summed E-state index contributed by atoms with van der Waals surface area (Å²) in [6.45, 7) is 4.90. The summed E-state index contributed by atoms with van der Waals surface area (Å²) in [6, 6.07) is -0.626. The van der Waals surface area contributed by atoms with Crippen LogP contribution in [0, 0.1) is 0 Å². The number of nitrogens with one attached hydrogen (secondary N) is 1. The molecule has 6 nitrogen and oxygen atoms in total. The van der Waals surface area contributed by atoms with E-state index in [0.717, 1.165) is 38.5 Å². The summed E-state index contributed by atoms with van der Waals surface area (Å²) in [5.74, 6) is -0.0537. The predicted molar refractivity (Wildman–Crippen MR) is 292 cm³/mol. The summed E-state index contributed by atoms with van der Waals surface area (Å²) in [7, 11) is 0. The van der Waals surface area contributed by atoms with Gasteiger partial charge in [-0.05, 0) is 57.8 Å². The molecule has 0 aliphatic rings. The van der Waals surface area contributed by atoms with Crippen molar-refractivity contribution in [3.05, 3.63) is 24.3 Å². The molecule has 67 heavy (non-hydrogen) atoms. The van der Waals surface area contributed by atoms with Gasteiger partial charge in [0.15, 0.2) is 0 Å². The van der Waals surface area contributed by atoms with Crippen LogP contribution in [0.2, 0.25) is 0 Å². The number of ether oxygens (including phenoxy) is 1. The molecule has 0 bridgehead atoms. The first-order chi connectivity index (χ1) is 33.0. The minimum Gasteiger partial charge on any atom is -0.466 e. The molecule has 0 aromatic rings. The van der Waals surface area contributed by atoms with Crippen molar-refractivity contribution in [2.75, 3.05) is 13.2 Å². The second kappa shape index (κ2) is 56.9. The maximum Gasteiger partial charge on any atom is 0.305 e. The Hall–Kier alpha value is -1.66. The third kappa shape index (κ3) is 53.5. The largest absolute Gasteiger partial charge is 0.466 e. The van der Waals surface area contributed by atoms with Gasteiger partial charge in [-0.15, -0.1) is 0 Å². The summed E-state index contributed by atoms with van der Waals surface area (Å²) in [4.78, 5) is 24.4. The molecule has 0 spiro atoms. The van der Waals surface area contributed by atoms with E-state index in [-0.39, 0.29) is 18.5 Å². The molecule has 0 saturated heterocycles. The van der Waals surface area contributed by atoms with Gasteiger partial charge in [-0.2, -0.15) is 0 Å². The minimum atomic E-state index is -0.842. The van der Waals surface area contributed by atoms with Crippen molar-refractivity contribution in [1.82, 2.24) is 5.32 Å². The lowest BCUT2D eigenvalue weighted by Crippen LogP contribution is -2.45. The van der Waals surface area contributed by atoms with E-state index in [0.29, 0.717) is 19.4 Å². The molecule has 2 atom stereocenters. The highest BCUT2D eigenvalue weighted by Crippen LogP contribution is 2.17. The highest BCUT2D eigenvalue weighted by Gasteiger charge is 2.18. The third-order valence-corrected chi connectivity index (χ3v) is 14.0. The quantitative estimate of drug-likeness (QED) is 0.0321. The molecule has 0 saturated carbocycles. The molecule has 3 N–H and O–H groups in total. The van der Waals surface area contributed by atoms with Gasteiger partial charge in [0.25, 0.3) is 0 Å². The Morgan fingerprint density at radius 1 is 0.403 bits per heavy atom. The van der Waals surface area contributed by atoms with E-state index in [1.54, 1.807) is 6.08 Å². The third-order valence-electron chi connectivity index (χ3n) is 14.0. The van der Waals surface area contributed by atoms with Crippen molar-refractivity contribution in [1.29, 1.82) is 0 Å². The molecule has 0 heterocycles. The van der Waals surface area contributed by atoms with Crippen LogP contribution in [0.1, 0.15) is 328 Å². The molecule has 0 fully saturated rings. The molecule has 0 aromatic heterocycles. The molecule has 0 radical (unpaired) electrons. The molecule has 1 amide bonds. The van der Waals surface area contributed by atoms with Crippen LogP contribution in [0.15, 0.2) is 24.3 Å². The van der Waals surface area contributed by atoms with Gasteiger partial charge >= 0.3 is 5.97 Å². The summed E-state index contributed by atoms with van der Waals surface area (Å²) >= 11 is 0. The van der Waals surface area contributed by atoms with Crippen molar-refractivity contribution >= 4 is 11.9 Å². The van der Waals surface area contributed by atoms with Crippen molar-refractivity contribution in [3.63, 3.8) is 0 Å². The van der Waals surface area contributed by atoms with Gasteiger partial charge in [-0.1, -0.05) is 282 Å². The van der Waals surface area contributed by atoms with Gasteiger partial charge in [0.1, 0.15) is 0 Å². The van der Waals surface area contributed by atoms with Gasteiger partial charge in [-0.25, -0.2) is 0 Å². The first kappa shape index (κ1) is 65.3. The first-order valence-electron chi connectivity index (χ1n) is 30.1. The van der Waals surface area contributed by atoms with Crippen LogP contribution < -0.4 is 5.32 Å². The normalized spacial score (nSPS) is 12.7. The number of carbonyl (C=O) groups excluding carboxylic acids is 2. The number of rotatable bonds is 56. The number of hydrogen-bond donors (Lipinski definition) is 3. The van der Waals surface area contributed by atoms with E-state index in [1.165, 1.54) is 263 Å². The van der Waals surface area contributed by atoms with Crippen LogP contribution in [0.4, 0.5) is 0 Å². The molecule has 0 aliphatic heterocycles. The summed E-state index contributed by atoms with van der Waals surface area (Å²) in [5, 5.41) is 23.0. The lowest BCUT2D eigenvalue weighted by Gasteiger charge is -2.20. The fourth-order valence-electron chi connectivity index (χ4n) is 9.34. The lowest BCUT2D eigenvalue weighted by atomic mass is 10.0. The van der Waals surface area contributed by atoms with E-state index in [2.05, 4.69) is 31.3 Å². The zero-order chi connectivity index (χ0) is 48.6. The number of aliphatic hydroxyl groups excluding tert-OH is 2. The van der Waals surface area contributed by atoms with E-state index >= 15 is 0 Å². The van der Waals surface area contributed by atoms with Gasteiger partial charge in [0.05, 0.1) is 25.4 Å². The van der Waals surface area contributed by atoms with Crippen molar-refractivity contribution in [2.45, 2.75) is 341 Å². The summed E-state index contributed by atoms with van der Waals surface area (Å²) in [6.07, 6.45) is 69.4. The minimum absolute atomic E-state index is 0.0163. The molecular weight excluding hydrogens is 827 g/mol. The monoisotopic (exact) mass is 944 g/mol. The van der Waals surface area contributed by atoms with Crippen LogP contribution >= 0.6 is 0 Å². The van der Waals surface area contributed by atoms with E-state index in [1.807, 2.05) is 6.08 Å². The van der Waals surface area contributed by atoms with Crippen molar-refractivity contribution in [3.8, 4) is 0 Å². The van der Waals surface area contributed by atoms with E-state index < -0.39 is 12.1 Å². The zero-order valence-corrected chi connectivity index (χ0v) is 45.1. The molecule has 0 aromatic carbocycles. The first-order valence-corrected chi connectivity index (χ1v) is 30.1. The number of esters is 1. The molecule has 0 aliphatic carbocycles. The average molecular weight is 945 g/mol. The smallest absolute Gasteiger partial charge is 0.305 e. The van der Waals surface area contributed by atoms with E-state index in [9.17, 15) is 19.8 Å². The molecule has 2 unspecified atom stereocenters. The fraction of sp³-hybridized carbons (Fsp3) is 0.902. The number of aliphatic hydroxyl groups is 2. The molecule has 396 valence electrons. The van der Waals surface area contributed by atoms with Crippen LogP contribution in [0.25, 0.3) is 0 Å². The number of allylic oxidation sites excluding steroid dienone is 3. The second-order valence-corrected chi connectivity index (χ2v) is 20.7. The van der Waals surface area contributed by atoms with Gasteiger partial charge in [0.2, 0.25) is 5.91 Å². The molecule has 6 heteroatoms. The Labute approximate surface area is 418 Å². The highest BCUT2D eigenvalue weighted by atomic mass is 16.5. The van der Waals surface area contributed by atoms with Gasteiger partial charge < -0.3 is 20.3 Å². The van der Waals surface area contributed by atoms with Crippen LogP contribution in [-0.2, 0) is 14.3 Å². The second-order valence-electron chi connectivity index (χ2n) is 20.7.